The van der Waals surface area contributed by atoms with Crippen molar-refractivity contribution in [1.82, 2.24) is 5.32 Å². The summed E-state index contributed by atoms with van der Waals surface area (Å²) in [5.41, 5.74) is 4.65. The number of fused-ring (bicyclic) bond motifs is 3. The molecule has 120 valence electrons. The quantitative estimate of drug-likeness (QED) is 0.787. The number of nitrogens with one attached hydrogen (secondary N) is 1. The Kier molecular flexibility index (Phi) is 4.60. The standard InChI is InChI=1S/C18H19NO4/c20-10-12(21)9-19-18(22)23-11-17-15-7-3-1-5-13(15)14-6-2-4-8-16(14)17/h1-8,12,17,20-21H,9-11H2,(H,19,22)/t12-/m0/s1. The molecule has 3 rings (SSSR count). The van der Waals surface area contributed by atoms with Crippen molar-refractivity contribution >= 4 is 6.09 Å². The van der Waals surface area contributed by atoms with Crippen molar-refractivity contribution in [2.45, 2.75) is 12.0 Å². The number of carbonyl (C=O) groups excluding carboxylic acids is 1. The summed E-state index contributed by atoms with van der Waals surface area (Å²) >= 11 is 0. The minimum absolute atomic E-state index is 0.0101. The number of benzene rings is 2. The van der Waals surface area contributed by atoms with Crippen LogP contribution in [0.3, 0.4) is 0 Å². The first kappa shape index (κ1) is 15.5. The first-order valence-electron chi connectivity index (χ1n) is 7.58. The molecular weight excluding hydrogens is 294 g/mol. The van der Waals surface area contributed by atoms with Gasteiger partial charge in [0.15, 0.2) is 0 Å². The van der Waals surface area contributed by atoms with Crippen molar-refractivity contribution in [1.29, 1.82) is 0 Å². The van der Waals surface area contributed by atoms with Crippen molar-refractivity contribution in [2.75, 3.05) is 19.8 Å². The number of rotatable bonds is 5. The van der Waals surface area contributed by atoms with E-state index in [2.05, 4.69) is 29.6 Å². The Morgan fingerprint density at radius 1 is 1.09 bits per heavy atom. The van der Waals surface area contributed by atoms with Crippen LogP contribution in [0.15, 0.2) is 48.5 Å². The first-order chi connectivity index (χ1) is 11.2. The second kappa shape index (κ2) is 6.81. The fraction of sp³-hybridized carbons (Fsp3) is 0.278. The Morgan fingerprint density at radius 2 is 1.65 bits per heavy atom. The topological polar surface area (TPSA) is 78.8 Å². The van der Waals surface area contributed by atoms with Gasteiger partial charge in [-0.05, 0) is 22.3 Å². The van der Waals surface area contributed by atoms with Crippen molar-refractivity contribution in [3.8, 4) is 11.1 Å². The molecule has 1 aliphatic carbocycles. The van der Waals surface area contributed by atoms with Crippen LogP contribution >= 0.6 is 0 Å². The van der Waals surface area contributed by atoms with E-state index in [1.165, 1.54) is 11.1 Å². The average molecular weight is 313 g/mol. The lowest BCUT2D eigenvalue weighted by molar-refractivity contribution is 0.0882. The van der Waals surface area contributed by atoms with Gasteiger partial charge in [0.1, 0.15) is 6.61 Å². The molecule has 1 amide bonds. The molecule has 5 nitrogen and oxygen atoms in total. The molecule has 23 heavy (non-hydrogen) atoms. The van der Waals surface area contributed by atoms with Gasteiger partial charge in [-0.1, -0.05) is 48.5 Å². The molecule has 0 aromatic heterocycles. The van der Waals surface area contributed by atoms with Crippen LogP contribution in [0.2, 0.25) is 0 Å². The van der Waals surface area contributed by atoms with E-state index in [-0.39, 0.29) is 19.1 Å². The van der Waals surface area contributed by atoms with Gasteiger partial charge in [0.25, 0.3) is 0 Å². The Balaban J connectivity index is 1.70. The summed E-state index contributed by atoms with van der Waals surface area (Å²) in [6, 6.07) is 16.2. The number of hydrogen-bond acceptors (Lipinski definition) is 4. The minimum atomic E-state index is -0.976. The third-order valence-corrected chi connectivity index (χ3v) is 4.04. The summed E-state index contributed by atoms with van der Waals surface area (Å²) in [4.78, 5) is 11.7. The highest BCUT2D eigenvalue weighted by Gasteiger charge is 2.28. The van der Waals surface area contributed by atoms with Gasteiger partial charge in [0, 0.05) is 12.5 Å². The van der Waals surface area contributed by atoms with E-state index in [1.54, 1.807) is 0 Å². The third kappa shape index (κ3) is 3.21. The Labute approximate surface area is 134 Å². The molecule has 3 N–H and O–H groups in total. The maximum Gasteiger partial charge on any atom is 0.407 e. The summed E-state index contributed by atoms with van der Waals surface area (Å²) in [5.74, 6) is 0.0101. The lowest BCUT2D eigenvalue weighted by Crippen LogP contribution is -2.34. The summed E-state index contributed by atoms with van der Waals surface area (Å²) in [6.45, 7) is -0.202. The number of carbonyl (C=O) groups is 1. The molecule has 0 saturated carbocycles. The van der Waals surface area contributed by atoms with Gasteiger partial charge in [-0.15, -0.1) is 0 Å². The fourth-order valence-electron chi connectivity index (χ4n) is 2.92. The molecule has 0 bridgehead atoms. The zero-order chi connectivity index (χ0) is 16.2. The van der Waals surface area contributed by atoms with Gasteiger partial charge < -0.3 is 20.3 Å². The maximum absolute atomic E-state index is 11.7. The molecule has 2 aromatic rings. The smallest absolute Gasteiger partial charge is 0.407 e. The Morgan fingerprint density at radius 3 is 2.22 bits per heavy atom. The maximum atomic E-state index is 11.7. The van der Waals surface area contributed by atoms with Gasteiger partial charge in [-0.3, -0.25) is 0 Å². The van der Waals surface area contributed by atoms with Gasteiger partial charge >= 0.3 is 6.09 Å². The van der Waals surface area contributed by atoms with Crippen LogP contribution in [0.1, 0.15) is 17.0 Å². The number of aliphatic hydroxyl groups excluding tert-OH is 2. The largest absolute Gasteiger partial charge is 0.449 e. The molecular formula is C18H19NO4. The Bertz CT molecular complexity index is 655. The molecule has 0 aliphatic heterocycles. The zero-order valence-corrected chi connectivity index (χ0v) is 12.6. The normalized spacial score (nSPS) is 14.0. The van der Waals surface area contributed by atoms with E-state index in [9.17, 15) is 9.90 Å². The van der Waals surface area contributed by atoms with Crippen molar-refractivity contribution in [3.63, 3.8) is 0 Å². The predicted molar refractivity (Wildman–Crippen MR) is 86.2 cm³/mol. The van der Waals surface area contributed by atoms with Gasteiger partial charge in [0.05, 0.1) is 12.7 Å². The fourth-order valence-corrected chi connectivity index (χ4v) is 2.92. The van der Waals surface area contributed by atoms with Crippen LogP contribution in [0.5, 0.6) is 0 Å². The highest BCUT2D eigenvalue weighted by Crippen LogP contribution is 2.44. The highest BCUT2D eigenvalue weighted by atomic mass is 16.5. The van der Waals surface area contributed by atoms with Crippen LogP contribution in [0.4, 0.5) is 4.79 Å². The highest BCUT2D eigenvalue weighted by molar-refractivity contribution is 5.79. The molecule has 5 heteroatoms. The van der Waals surface area contributed by atoms with E-state index in [0.29, 0.717) is 0 Å². The van der Waals surface area contributed by atoms with Gasteiger partial charge in [-0.25, -0.2) is 4.79 Å². The molecule has 0 spiro atoms. The van der Waals surface area contributed by atoms with Gasteiger partial charge in [0.2, 0.25) is 0 Å². The predicted octanol–water partition coefficient (Wildman–Crippen LogP) is 1.88. The molecule has 0 radical (unpaired) electrons. The van der Waals surface area contributed by atoms with Crippen LogP contribution < -0.4 is 5.32 Å². The SMILES string of the molecule is O=C(NC[C@H](O)CO)OCC1c2ccccc2-c2ccccc21. The van der Waals surface area contributed by atoms with Crippen molar-refractivity contribution in [2.24, 2.45) is 0 Å². The third-order valence-electron chi connectivity index (χ3n) is 4.04. The number of aliphatic hydroxyl groups is 2. The van der Waals surface area contributed by atoms with Crippen molar-refractivity contribution in [3.05, 3.63) is 59.7 Å². The molecule has 0 saturated heterocycles. The van der Waals surface area contributed by atoms with Gasteiger partial charge in [-0.2, -0.15) is 0 Å². The monoisotopic (exact) mass is 313 g/mol. The van der Waals surface area contributed by atoms with E-state index >= 15 is 0 Å². The molecule has 1 aliphatic rings. The summed E-state index contributed by atoms with van der Waals surface area (Å²) < 4.78 is 5.29. The second-order valence-electron chi connectivity index (χ2n) is 5.54. The number of hydrogen-bond donors (Lipinski definition) is 3. The average Bonchev–Trinajstić information content (AvgIpc) is 2.92. The van der Waals surface area contributed by atoms with Crippen LogP contribution in [-0.4, -0.2) is 42.2 Å². The van der Waals surface area contributed by atoms with Crippen LogP contribution in [0, 0.1) is 0 Å². The van der Waals surface area contributed by atoms with Crippen molar-refractivity contribution < 1.29 is 19.7 Å². The molecule has 0 unspecified atom stereocenters. The summed E-state index contributed by atoms with van der Waals surface area (Å²) in [7, 11) is 0. The van der Waals surface area contributed by atoms with E-state index in [4.69, 9.17) is 9.84 Å². The van der Waals surface area contributed by atoms with E-state index < -0.39 is 18.8 Å². The number of amides is 1. The molecule has 0 fully saturated rings. The summed E-state index contributed by atoms with van der Waals surface area (Å²) in [5, 5.41) is 20.4. The first-order valence-corrected chi connectivity index (χ1v) is 7.58. The lowest BCUT2D eigenvalue weighted by atomic mass is 9.98. The zero-order valence-electron chi connectivity index (χ0n) is 12.6. The lowest BCUT2D eigenvalue weighted by Gasteiger charge is -2.15. The molecule has 0 heterocycles. The Hall–Kier alpha value is -2.37. The second-order valence-corrected chi connectivity index (χ2v) is 5.54. The van der Waals surface area contributed by atoms with Crippen LogP contribution in [0.25, 0.3) is 11.1 Å². The summed E-state index contributed by atoms with van der Waals surface area (Å²) in [6.07, 6.45) is -1.57. The van der Waals surface area contributed by atoms with E-state index in [1.807, 2.05) is 24.3 Å². The van der Waals surface area contributed by atoms with E-state index in [0.717, 1.165) is 11.1 Å². The molecule has 1 atom stereocenters. The number of alkyl carbamates (subject to hydrolysis) is 1. The molecule has 2 aromatic carbocycles. The van der Waals surface area contributed by atoms with Crippen LogP contribution in [-0.2, 0) is 4.74 Å². The minimum Gasteiger partial charge on any atom is -0.449 e. The number of ether oxygens (including phenoxy) is 1.